The summed E-state index contributed by atoms with van der Waals surface area (Å²) in [4.78, 5) is 7.47. The zero-order valence-electron chi connectivity index (χ0n) is 10.8. The highest BCUT2D eigenvalue weighted by Crippen LogP contribution is 2.19. The van der Waals surface area contributed by atoms with E-state index in [1.165, 1.54) is 0 Å². The van der Waals surface area contributed by atoms with Crippen LogP contribution in [0.2, 0.25) is 0 Å². The lowest BCUT2D eigenvalue weighted by molar-refractivity contribution is -0.173. The SMILES string of the molecule is Cc1cc(C)c2nc(CCOCC(F)(F)F)[nH]c2c1. The maximum Gasteiger partial charge on any atom is 0.411 e. The van der Waals surface area contributed by atoms with Gasteiger partial charge >= 0.3 is 6.18 Å². The van der Waals surface area contributed by atoms with Crippen molar-refractivity contribution in [1.82, 2.24) is 9.97 Å². The van der Waals surface area contributed by atoms with E-state index in [1.807, 2.05) is 26.0 Å². The minimum Gasteiger partial charge on any atom is -0.372 e. The van der Waals surface area contributed by atoms with E-state index in [0.717, 1.165) is 22.2 Å². The summed E-state index contributed by atoms with van der Waals surface area (Å²) in [5.74, 6) is 0.644. The lowest BCUT2D eigenvalue weighted by Gasteiger charge is -2.06. The zero-order valence-corrected chi connectivity index (χ0v) is 10.8. The maximum absolute atomic E-state index is 11.9. The van der Waals surface area contributed by atoms with Gasteiger partial charge in [-0.1, -0.05) is 6.07 Å². The minimum absolute atomic E-state index is 0.00262. The van der Waals surface area contributed by atoms with Gasteiger partial charge in [-0.2, -0.15) is 13.2 Å². The summed E-state index contributed by atoms with van der Waals surface area (Å²) in [7, 11) is 0. The number of aromatic amines is 1. The van der Waals surface area contributed by atoms with E-state index in [1.54, 1.807) is 0 Å². The highest BCUT2D eigenvalue weighted by Gasteiger charge is 2.27. The zero-order chi connectivity index (χ0) is 14.0. The number of hydrogen-bond acceptors (Lipinski definition) is 2. The quantitative estimate of drug-likeness (QED) is 0.867. The van der Waals surface area contributed by atoms with Gasteiger partial charge in [0.05, 0.1) is 17.6 Å². The molecule has 0 bridgehead atoms. The van der Waals surface area contributed by atoms with Crippen LogP contribution in [0.5, 0.6) is 0 Å². The predicted molar refractivity (Wildman–Crippen MR) is 66.1 cm³/mol. The van der Waals surface area contributed by atoms with Crippen molar-refractivity contribution in [2.75, 3.05) is 13.2 Å². The summed E-state index contributed by atoms with van der Waals surface area (Å²) in [5.41, 5.74) is 3.93. The van der Waals surface area contributed by atoms with Crippen molar-refractivity contribution in [2.45, 2.75) is 26.4 Å². The van der Waals surface area contributed by atoms with Crippen molar-refractivity contribution in [1.29, 1.82) is 0 Å². The Kier molecular flexibility index (Phi) is 3.80. The molecule has 6 heteroatoms. The molecule has 0 aliphatic heterocycles. The van der Waals surface area contributed by atoms with Gasteiger partial charge in [-0.05, 0) is 31.0 Å². The lowest BCUT2D eigenvalue weighted by atomic mass is 10.1. The lowest BCUT2D eigenvalue weighted by Crippen LogP contribution is -2.18. The summed E-state index contributed by atoms with van der Waals surface area (Å²) in [6, 6.07) is 3.99. The molecule has 0 spiro atoms. The smallest absolute Gasteiger partial charge is 0.372 e. The summed E-state index contributed by atoms with van der Waals surface area (Å²) in [5, 5.41) is 0. The number of fused-ring (bicyclic) bond motifs is 1. The Balaban J connectivity index is 2.00. The molecule has 2 aromatic rings. The van der Waals surface area contributed by atoms with E-state index in [4.69, 9.17) is 0 Å². The normalized spacial score (nSPS) is 12.3. The number of benzene rings is 1. The van der Waals surface area contributed by atoms with Crippen LogP contribution < -0.4 is 0 Å². The van der Waals surface area contributed by atoms with Crippen LogP contribution in [0.15, 0.2) is 12.1 Å². The first-order valence-corrected chi connectivity index (χ1v) is 5.95. The topological polar surface area (TPSA) is 37.9 Å². The molecule has 0 aliphatic rings. The van der Waals surface area contributed by atoms with E-state index in [9.17, 15) is 13.2 Å². The summed E-state index contributed by atoms with van der Waals surface area (Å²) < 4.78 is 40.3. The molecule has 2 rings (SSSR count). The van der Waals surface area contributed by atoms with Crippen molar-refractivity contribution < 1.29 is 17.9 Å². The van der Waals surface area contributed by atoms with Crippen LogP contribution in [0.3, 0.4) is 0 Å². The molecule has 0 saturated heterocycles. The number of rotatable bonds is 4. The average molecular weight is 272 g/mol. The molecule has 1 aromatic carbocycles. The van der Waals surface area contributed by atoms with E-state index < -0.39 is 12.8 Å². The summed E-state index contributed by atoms with van der Waals surface area (Å²) in [6.45, 7) is 2.72. The van der Waals surface area contributed by atoms with Gasteiger partial charge in [0, 0.05) is 6.42 Å². The Bertz CT molecular complexity index is 575. The minimum atomic E-state index is -4.28. The third-order valence-electron chi connectivity index (χ3n) is 2.72. The standard InChI is InChI=1S/C13H15F3N2O/c1-8-5-9(2)12-10(6-8)17-11(18-12)3-4-19-7-13(14,15)16/h5-6H,3-4,7H2,1-2H3,(H,17,18). The number of nitrogens with one attached hydrogen (secondary N) is 1. The molecule has 1 heterocycles. The molecule has 0 amide bonds. The predicted octanol–water partition coefficient (Wildman–Crippen LogP) is 3.30. The number of imidazole rings is 1. The third-order valence-corrected chi connectivity index (χ3v) is 2.72. The van der Waals surface area contributed by atoms with Crippen LogP contribution in [0.1, 0.15) is 17.0 Å². The van der Waals surface area contributed by atoms with E-state index in [-0.39, 0.29) is 6.61 Å². The Morgan fingerprint density at radius 2 is 2.00 bits per heavy atom. The number of hydrogen-bond donors (Lipinski definition) is 1. The van der Waals surface area contributed by atoms with Crippen LogP contribution in [-0.4, -0.2) is 29.4 Å². The number of alkyl halides is 3. The number of aromatic nitrogens is 2. The van der Waals surface area contributed by atoms with Crippen molar-refractivity contribution in [3.05, 3.63) is 29.1 Å². The third kappa shape index (κ3) is 3.70. The molecule has 104 valence electrons. The van der Waals surface area contributed by atoms with Gasteiger partial charge in [-0.25, -0.2) is 4.98 Å². The first-order chi connectivity index (χ1) is 8.85. The average Bonchev–Trinajstić information content (AvgIpc) is 2.66. The largest absolute Gasteiger partial charge is 0.411 e. The molecule has 19 heavy (non-hydrogen) atoms. The van der Waals surface area contributed by atoms with Crippen LogP contribution in [-0.2, 0) is 11.2 Å². The van der Waals surface area contributed by atoms with Crippen molar-refractivity contribution in [2.24, 2.45) is 0 Å². The molecule has 3 nitrogen and oxygen atoms in total. The molecule has 0 radical (unpaired) electrons. The van der Waals surface area contributed by atoms with Gasteiger partial charge in [0.1, 0.15) is 12.4 Å². The van der Waals surface area contributed by atoms with Crippen molar-refractivity contribution >= 4 is 11.0 Å². The van der Waals surface area contributed by atoms with Crippen LogP contribution in [0, 0.1) is 13.8 Å². The summed E-state index contributed by atoms with van der Waals surface area (Å²) in [6.07, 6.45) is -3.94. The fourth-order valence-electron chi connectivity index (χ4n) is 2.00. The van der Waals surface area contributed by atoms with Gasteiger partial charge in [-0.3, -0.25) is 0 Å². The van der Waals surface area contributed by atoms with Gasteiger partial charge in [0.15, 0.2) is 0 Å². The van der Waals surface area contributed by atoms with Crippen molar-refractivity contribution in [3.63, 3.8) is 0 Å². The Morgan fingerprint density at radius 1 is 1.26 bits per heavy atom. The Hall–Kier alpha value is -1.56. The highest BCUT2D eigenvalue weighted by molar-refractivity contribution is 5.79. The van der Waals surface area contributed by atoms with Gasteiger partial charge in [0.2, 0.25) is 0 Å². The fraction of sp³-hybridized carbons (Fsp3) is 0.462. The monoisotopic (exact) mass is 272 g/mol. The second kappa shape index (κ2) is 5.21. The number of nitrogens with zero attached hydrogens (tertiary/aromatic N) is 1. The van der Waals surface area contributed by atoms with Crippen LogP contribution in [0.4, 0.5) is 13.2 Å². The first-order valence-electron chi connectivity index (χ1n) is 5.95. The van der Waals surface area contributed by atoms with E-state index in [2.05, 4.69) is 14.7 Å². The molecule has 1 aromatic heterocycles. The summed E-state index contributed by atoms with van der Waals surface area (Å²) >= 11 is 0. The molecule has 0 atom stereocenters. The van der Waals surface area contributed by atoms with Gasteiger partial charge in [-0.15, -0.1) is 0 Å². The Morgan fingerprint density at radius 3 is 2.68 bits per heavy atom. The number of H-pyrrole nitrogens is 1. The second-order valence-electron chi connectivity index (χ2n) is 4.58. The maximum atomic E-state index is 11.9. The molecular weight excluding hydrogens is 257 g/mol. The Labute approximate surface area is 108 Å². The van der Waals surface area contributed by atoms with Gasteiger partial charge < -0.3 is 9.72 Å². The fourth-order valence-corrected chi connectivity index (χ4v) is 2.00. The van der Waals surface area contributed by atoms with Crippen molar-refractivity contribution in [3.8, 4) is 0 Å². The molecule has 0 aliphatic carbocycles. The molecule has 0 fully saturated rings. The van der Waals surface area contributed by atoms with Gasteiger partial charge in [0.25, 0.3) is 0 Å². The van der Waals surface area contributed by atoms with Crippen LogP contribution in [0.25, 0.3) is 11.0 Å². The molecule has 1 N–H and O–H groups in total. The number of halogens is 3. The highest BCUT2D eigenvalue weighted by atomic mass is 19.4. The number of ether oxygens (including phenoxy) is 1. The second-order valence-corrected chi connectivity index (χ2v) is 4.58. The molecule has 0 unspecified atom stereocenters. The molecular formula is C13H15F3N2O. The van der Waals surface area contributed by atoms with Crippen LogP contribution >= 0.6 is 0 Å². The van der Waals surface area contributed by atoms with E-state index >= 15 is 0 Å². The first kappa shape index (κ1) is 13.9. The van der Waals surface area contributed by atoms with E-state index in [0.29, 0.717) is 12.2 Å². The molecule has 0 saturated carbocycles. The number of aryl methyl sites for hydroxylation is 2.